The van der Waals surface area contributed by atoms with Gasteiger partial charge in [0.15, 0.2) is 0 Å². The highest BCUT2D eigenvalue weighted by molar-refractivity contribution is 6.46. The summed E-state index contributed by atoms with van der Waals surface area (Å²) in [5, 5.41) is 20.2. The molecule has 2 aromatic carbocycles. The number of nitrogens with zero attached hydrogens (tertiary/aromatic N) is 1. The van der Waals surface area contributed by atoms with Gasteiger partial charge in [0, 0.05) is 23.6 Å². The summed E-state index contributed by atoms with van der Waals surface area (Å²) < 4.78 is 5.20. The molecule has 7 nitrogen and oxygen atoms in total. The highest BCUT2D eigenvalue weighted by atomic mass is 35.5. The fourth-order valence-electron chi connectivity index (χ4n) is 3.74. The molecule has 0 aromatic heterocycles. The summed E-state index contributed by atoms with van der Waals surface area (Å²) in [6.45, 7) is 0.262. The number of unbranched alkanes of at least 4 members (excludes halogenated alkanes) is 2. The summed E-state index contributed by atoms with van der Waals surface area (Å²) in [6, 6.07) is 12.6. The van der Waals surface area contributed by atoms with E-state index in [1.807, 2.05) is 0 Å². The number of carboxylic acid groups (broad SMARTS) is 1. The number of aliphatic carboxylic acids is 1. The van der Waals surface area contributed by atoms with Crippen molar-refractivity contribution in [1.82, 2.24) is 4.90 Å². The number of carboxylic acids is 1. The molecule has 1 amide bonds. The lowest BCUT2D eigenvalue weighted by Gasteiger charge is -2.25. The summed E-state index contributed by atoms with van der Waals surface area (Å²) in [6.07, 6.45) is 1.67. The Morgan fingerprint density at radius 2 is 1.66 bits per heavy atom. The lowest BCUT2D eigenvalue weighted by atomic mass is 9.95. The lowest BCUT2D eigenvalue weighted by Crippen LogP contribution is -2.30. The van der Waals surface area contributed by atoms with Crippen molar-refractivity contribution in [2.45, 2.75) is 31.7 Å². The second-order valence-electron chi connectivity index (χ2n) is 7.48. The molecule has 0 aliphatic carbocycles. The van der Waals surface area contributed by atoms with E-state index in [1.54, 1.807) is 55.6 Å². The molecular formula is C24H24ClNO6. The van der Waals surface area contributed by atoms with Gasteiger partial charge < -0.3 is 19.8 Å². The van der Waals surface area contributed by atoms with Crippen LogP contribution in [0.5, 0.6) is 5.75 Å². The molecular weight excluding hydrogens is 434 g/mol. The zero-order chi connectivity index (χ0) is 23.3. The molecule has 0 unspecified atom stereocenters. The molecule has 0 saturated carbocycles. The van der Waals surface area contributed by atoms with Crippen LogP contribution in [0.4, 0.5) is 0 Å². The van der Waals surface area contributed by atoms with Gasteiger partial charge in [-0.2, -0.15) is 0 Å². The number of halogens is 1. The Hall–Kier alpha value is -3.32. The quantitative estimate of drug-likeness (QED) is 0.250. The molecule has 8 heteroatoms. The highest BCUT2D eigenvalue weighted by Gasteiger charge is 2.45. The summed E-state index contributed by atoms with van der Waals surface area (Å²) in [5.41, 5.74) is 1.05. The maximum absolute atomic E-state index is 12.9. The second kappa shape index (κ2) is 10.3. The van der Waals surface area contributed by atoms with Crippen LogP contribution in [-0.2, 0) is 14.4 Å². The number of aliphatic hydroxyl groups is 1. The number of aliphatic hydroxyl groups excluding tert-OH is 1. The Bertz CT molecular complexity index is 1030. The van der Waals surface area contributed by atoms with Crippen LogP contribution in [-0.4, -0.2) is 46.4 Å². The van der Waals surface area contributed by atoms with Gasteiger partial charge in [0.25, 0.3) is 11.7 Å². The van der Waals surface area contributed by atoms with Gasteiger partial charge in [-0.1, -0.05) is 30.2 Å². The van der Waals surface area contributed by atoms with E-state index in [4.69, 9.17) is 21.4 Å². The number of benzene rings is 2. The molecule has 0 bridgehead atoms. The summed E-state index contributed by atoms with van der Waals surface area (Å²) in [5.74, 6) is -1.97. The number of ether oxygens (including phenoxy) is 1. The minimum absolute atomic E-state index is 0.00743. The van der Waals surface area contributed by atoms with Gasteiger partial charge in [-0.25, -0.2) is 0 Å². The van der Waals surface area contributed by atoms with Crippen molar-refractivity contribution in [3.05, 3.63) is 70.3 Å². The molecule has 1 saturated heterocycles. The minimum atomic E-state index is -0.869. The molecule has 32 heavy (non-hydrogen) atoms. The fraction of sp³-hybridized carbons (Fsp3) is 0.292. The minimum Gasteiger partial charge on any atom is -0.507 e. The third-order valence-corrected chi connectivity index (χ3v) is 5.63. The average Bonchev–Trinajstić information content (AvgIpc) is 3.03. The maximum Gasteiger partial charge on any atom is 0.303 e. The normalized spacial score (nSPS) is 17.6. The summed E-state index contributed by atoms with van der Waals surface area (Å²) >= 11 is 5.93. The number of methoxy groups -OCH3 is 1. The van der Waals surface area contributed by atoms with E-state index < -0.39 is 23.7 Å². The predicted molar refractivity (Wildman–Crippen MR) is 120 cm³/mol. The molecule has 168 valence electrons. The van der Waals surface area contributed by atoms with E-state index >= 15 is 0 Å². The van der Waals surface area contributed by atoms with Crippen molar-refractivity contribution in [3.63, 3.8) is 0 Å². The standard InChI is InChI=1S/C24H24ClNO6/c1-32-18-12-8-15(9-13-18)21-20(22(29)16-6-10-17(25)11-7-16)23(30)24(31)26(21)14-4-2-3-5-19(27)28/h6-13,21,29H,2-5,14H2,1H3,(H,27,28)/t21-/m0/s1. The van der Waals surface area contributed by atoms with E-state index in [0.29, 0.717) is 41.2 Å². The van der Waals surface area contributed by atoms with E-state index in [9.17, 15) is 19.5 Å². The number of hydrogen-bond donors (Lipinski definition) is 2. The third-order valence-electron chi connectivity index (χ3n) is 5.38. The Morgan fingerprint density at radius 1 is 1.00 bits per heavy atom. The van der Waals surface area contributed by atoms with Gasteiger partial charge >= 0.3 is 5.97 Å². The Balaban J connectivity index is 1.97. The van der Waals surface area contributed by atoms with Crippen molar-refractivity contribution in [3.8, 4) is 5.75 Å². The smallest absolute Gasteiger partial charge is 0.303 e. The number of rotatable bonds is 9. The molecule has 1 heterocycles. The Kier molecular flexibility index (Phi) is 7.53. The van der Waals surface area contributed by atoms with Crippen molar-refractivity contribution in [1.29, 1.82) is 0 Å². The van der Waals surface area contributed by atoms with Crippen LogP contribution in [0.2, 0.25) is 5.02 Å². The van der Waals surface area contributed by atoms with E-state index in [0.717, 1.165) is 0 Å². The lowest BCUT2D eigenvalue weighted by molar-refractivity contribution is -0.140. The number of ketones is 1. The number of carbonyl (C=O) groups excluding carboxylic acids is 2. The SMILES string of the molecule is COc1ccc([C@H]2C(=C(O)c3ccc(Cl)cc3)C(=O)C(=O)N2CCCCCC(=O)O)cc1. The van der Waals surface area contributed by atoms with Crippen molar-refractivity contribution < 1.29 is 29.3 Å². The first-order valence-corrected chi connectivity index (χ1v) is 10.6. The van der Waals surface area contributed by atoms with E-state index in [-0.39, 0.29) is 24.3 Å². The van der Waals surface area contributed by atoms with E-state index in [2.05, 4.69) is 0 Å². The number of carbonyl (C=O) groups is 3. The molecule has 1 aliphatic heterocycles. The summed E-state index contributed by atoms with van der Waals surface area (Å²) in [4.78, 5) is 38.0. The first-order chi connectivity index (χ1) is 15.3. The summed E-state index contributed by atoms with van der Waals surface area (Å²) in [7, 11) is 1.54. The second-order valence-corrected chi connectivity index (χ2v) is 7.91. The number of amides is 1. The molecule has 2 N–H and O–H groups in total. The molecule has 2 aromatic rings. The first kappa shape index (κ1) is 23.3. The number of likely N-dealkylation sites (tertiary alicyclic amines) is 1. The first-order valence-electron chi connectivity index (χ1n) is 10.2. The number of Topliss-reactive ketones (excluding diaryl/α,β-unsaturated/α-hetero) is 1. The Morgan fingerprint density at radius 3 is 2.25 bits per heavy atom. The molecule has 1 fully saturated rings. The maximum atomic E-state index is 12.9. The largest absolute Gasteiger partial charge is 0.507 e. The van der Waals surface area contributed by atoms with Crippen LogP contribution in [0.25, 0.3) is 5.76 Å². The van der Waals surface area contributed by atoms with Crippen molar-refractivity contribution in [2.75, 3.05) is 13.7 Å². The third kappa shape index (κ3) is 5.11. The molecule has 1 atom stereocenters. The monoisotopic (exact) mass is 457 g/mol. The van der Waals surface area contributed by atoms with Gasteiger partial charge in [-0.05, 0) is 54.8 Å². The van der Waals surface area contributed by atoms with Gasteiger partial charge in [0.1, 0.15) is 11.5 Å². The van der Waals surface area contributed by atoms with Crippen LogP contribution in [0, 0.1) is 0 Å². The number of hydrogen-bond acceptors (Lipinski definition) is 5. The van der Waals surface area contributed by atoms with Crippen LogP contribution in [0.1, 0.15) is 42.9 Å². The topological polar surface area (TPSA) is 104 Å². The zero-order valence-corrected chi connectivity index (χ0v) is 18.3. The van der Waals surface area contributed by atoms with Gasteiger partial charge in [0.2, 0.25) is 0 Å². The molecule has 0 radical (unpaired) electrons. The van der Waals surface area contributed by atoms with Crippen LogP contribution in [0.3, 0.4) is 0 Å². The molecule has 1 aliphatic rings. The van der Waals surface area contributed by atoms with Crippen LogP contribution in [0.15, 0.2) is 54.1 Å². The van der Waals surface area contributed by atoms with Crippen molar-refractivity contribution >= 4 is 35.0 Å². The fourth-order valence-corrected chi connectivity index (χ4v) is 3.87. The molecule has 0 spiro atoms. The van der Waals surface area contributed by atoms with Gasteiger partial charge in [-0.15, -0.1) is 0 Å². The van der Waals surface area contributed by atoms with Gasteiger partial charge in [-0.3, -0.25) is 14.4 Å². The highest BCUT2D eigenvalue weighted by Crippen LogP contribution is 2.40. The van der Waals surface area contributed by atoms with Gasteiger partial charge in [0.05, 0.1) is 18.7 Å². The zero-order valence-electron chi connectivity index (χ0n) is 17.6. The van der Waals surface area contributed by atoms with Crippen molar-refractivity contribution in [2.24, 2.45) is 0 Å². The molecule has 3 rings (SSSR count). The van der Waals surface area contributed by atoms with E-state index in [1.165, 1.54) is 4.90 Å². The predicted octanol–water partition coefficient (Wildman–Crippen LogP) is 4.42. The Labute approximate surface area is 190 Å². The average molecular weight is 458 g/mol. The van der Waals surface area contributed by atoms with Crippen LogP contribution < -0.4 is 4.74 Å². The van der Waals surface area contributed by atoms with Crippen LogP contribution >= 0.6 is 11.6 Å².